The van der Waals surface area contributed by atoms with E-state index < -0.39 is 0 Å². The number of aromatic nitrogens is 1. The highest BCUT2D eigenvalue weighted by Gasteiger charge is 2.08. The van der Waals surface area contributed by atoms with Crippen LogP contribution in [0.3, 0.4) is 0 Å². The summed E-state index contributed by atoms with van der Waals surface area (Å²) in [6.07, 6.45) is 1.66. The van der Waals surface area contributed by atoms with E-state index in [0.29, 0.717) is 16.7 Å². The van der Waals surface area contributed by atoms with Crippen LogP contribution >= 0.6 is 11.6 Å². The number of hydrogen-bond acceptors (Lipinski definition) is 3. The molecular weight excluding hydrogens is 262 g/mol. The molecule has 0 amide bonds. The molecule has 1 heterocycles. The minimum atomic E-state index is 0.221. The largest absolute Gasteiger partial charge is 0.508 e. The van der Waals surface area contributed by atoms with Gasteiger partial charge in [-0.1, -0.05) is 17.7 Å². The fraction of sp³-hybridized carbons (Fsp3) is 0. The molecule has 0 unspecified atom stereocenters. The lowest BCUT2D eigenvalue weighted by Crippen LogP contribution is -1.75. The van der Waals surface area contributed by atoms with Crippen LogP contribution in [0.2, 0.25) is 5.02 Å². The Balaban J connectivity index is 1.97. The number of nitrogens with zero attached hydrogens (tertiary/aromatic N) is 1. The Morgan fingerprint density at radius 2 is 1.79 bits per heavy atom. The molecule has 0 fully saturated rings. The maximum absolute atomic E-state index is 9.26. The highest BCUT2D eigenvalue weighted by atomic mass is 35.5. The summed E-state index contributed by atoms with van der Waals surface area (Å²) in [6.45, 7) is 0. The average Bonchev–Trinajstić information content (AvgIpc) is 2.89. The Labute approximate surface area is 115 Å². The van der Waals surface area contributed by atoms with Crippen LogP contribution in [0, 0.1) is 0 Å². The quantitative estimate of drug-likeness (QED) is 0.753. The second-order valence-electron chi connectivity index (χ2n) is 4.09. The topological polar surface area (TPSA) is 46.3 Å². The summed E-state index contributed by atoms with van der Waals surface area (Å²) in [6, 6.07) is 14.1. The lowest BCUT2D eigenvalue weighted by molar-refractivity contribution is 0.475. The molecule has 0 saturated carbocycles. The zero-order valence-corrected chi connectivity index (χ0v) is 10.6. The van der Waals surface area contributed by atoms with Gasteiger partial charge in [0, 0.05) is 16.1 Å². The van der Waals surface area contributed by atoms with E-state index >= 15 is 0 Å². The Morgan fingerprint density at radius 3 is 2.53 bits per heavy atom. The number of halogens is 1. The van der Waals surface area contributed by atoms with Crippen LogP contribution in [0.15, 0.2) is 59.1 Å². The first-order chi connectivity index (χ1) is 9.22. The van der Waals surface area contributed by atoms with Crippen LogP contribution in [0.4, 0.5) is 0 Å². The van der Waals surface area contributed by atoms with Crippen molar-refractivity contribution in [3.05, 3.63) is 59.8 Å². The van der Waals surface area contributed by atoms with Crippen molar-refractivity contribution in [3.63, 3.8) is 0 Å². The van der Waals surface area contributed by atoms with Gasteiger partial charge in [-0.15, -0.1) is 0 Å². The van der Waals surface area contributed by atoms with Crippen molar-refractivity contribution in [3.8, 4) is 28.5 Å². The lowest BCUT2D eigenvalue weighted by atomic mass is 10.2. The van der Waals surface area contributed by atoms with Crippen LogP contribution in [-0.2, 0) is 0 Å². The molecule has 0 spiro atoms. The van der Waals surface area contributed by atoms with Gasteiger partial charge in [0.25, 0.3) is 0 Å². The van der Waals surface area contributed by atoms with Crippen molar-refractivity contribution < 1.29 is 9.52 Å². The molecular formula is C15H10ClNO2. The van der Waals surface area contributed by atoms with E-state index in [0.717, 1.165) is 11.1 Å². The van der Waals surface area contributed by atoms with Gasteiger partial charge in [0.05, 0.1) is 6.20 Å². The predicted molar refractivity (Wildman–Crippen MR) is 74.0 cm³/mol. The summed E-state index contributed by atoms with van der Waals surface area (Å²) >= 11 is 5.94. The van der Waals surface area contributed by atoms with Crippen molar-refractivity contribution >= 4 is 11.6 Å². The molecule has 0 aliphatic carbocycles. The van der Waals surface area contributed by atoms with Gasteiger partial charge >= 0.3 is 0 Å². The minimum Gasteiger partial charge on any atom is -0.508 e. The minimum absolute atomic E-state index is 0.221. The first-order valence-corrected chi connectivity index (χ1v) is 6.11. The molecule has 0 saturated heterocycles. The maximum Gasteiger partial charge on any atom is 0.226 e. The van der Waals surface area contributed by atoms with Crippen molar-refractivity contribution in [1.29, 1.82) is 0 Å². The molecule has 2 aromatic carbocycles. The van der Waals surface area contributed by atoms with Gasteiger partial charge in [0.15, 0.2) is 5.76 Å². The number of phenolic OH excluding ortho intramolecular Hbond substituents is 1. The highest BCUT2D eigenvalue weighted by Crippen LogP contribution is 2.28. The van der Waals surface area contributed by atoms with Crippen molar-refractivity contribution in [2.24, 2.45) is 0 Å². The molecule has 0 aliphatic heterocycles. The Bertz CT molecular complexity index is 704. The van der Waals surface area contributed by atoms with E-state index in [2.05, 4.69) is 4.98 Å². The van der Waals surface area contributed by atoms with Gasteiger partial charge in [-0.05, 0) is 42.5 Å². The smallest absolute Gasteiger partial charge is 0.226 e. The lowest BCUT2D eigenvalue weighted by Gasteiger charge is -1.97. The number of oxazole rings is 1. The van der Waals surface area contributed by atoms with E-state index in [9.17, 15) is 5.11 Å². The summed E-state index contributed by atoms with van der Waals surface area (Å²) < 4.78 is 5.70. The first-order valence-electron chi connectivity index (χ1n) is 5.73. The third-order valence-electron chi connectivity index (χ3n) is 2.73. The Kier molecular flexibility index (Phi) is 2.97. The normalized spacial score (nSPS) is 10.6. The van der Waals surface area contributed by atoms with E-state index in [1.807, 2.05) is 12.1 Å². The third kappa shape index (κ3) is 2.46. The van der Waals surface area contributed by atoms with Crippen molar-refractivity contribution in [2.75, 3.05) is 0 Å². The number of rotatable bonds is 2. The van der Waals surface area contributed by atoms with Crippen LogP contribution in [0.1, 0.15) is 0 Å². The second kappa shape index (κ2) is 4.78. The van der Waals surface area contributed by atoms with E-state index in [1.54, 1.807) is 42.6 Å². The van der Waals surface area contributed by atoms with Gasteiger partial charge in [0.2, 0.25) is 5.89 Å². The zero-order valence-electron chi connectivity index (χ0n) is 9.88. The van der Waals surface area contributed by atoms with Crippen molar-refractivity contribution in [2.45, 2.75) is 0 Å². The molecule has 0 aliphatic rings. The van der Waals surface area contributed by atoms with Gasteiger partial charge in [-0.3, -0.25) is 0 Å². The molecule has 3 rings (SSSR count). The third-order valence-corrected chi connectivity index (χ3v) is 2.96. The fourth-order valence-electron chi connectivity index (χ4n) is 1.79. The summed E-state index contributed by atoms with van der Waals surface area (Å²) in [5, 5.41) is 9.90. The van der Waals surface area contributed by atoms with Gasteiger partial charge < -0.3 is 9.52 Å². The summed E-state index contributed by atoms with van der Waals surface area (Å²) in [5.41, 5.74) is 1.69. The van der Waals surface area contributed by atoms with Gasteiger partial charge in [-0.2, -0.15) is 0 Å². The maximum atomic E-state index is 9.26. The molecule has 1 N–H and O–H groups in total. The number of phenols is 1. The van der Waals surface area contributed by atoms with Gasteiger partial charge in [-0.25, -0.2) is 4.98 Å². The Hall–Kier alpha value is -2.26. The van der Waals surface area contributed by atoms with Crippen LogP contribution in [0.25, 0.3) is 22.8 Å². The predicted octanol–water partition coefficient (Wildman–Crippen LogP) is 4.37. The molecule has 4 heteroatoms. The number of hydrogen-bond donors (Lipinski definition) is 1. The van der Waals surface area contributed by atoms with Crippen LogP contribution in [-0.4, -0.2) is 10.1 Å². The molecule has 3 nitrogen and oxygen atoms in total. The zero-order chi connectivity index (χ0) is 13.2. The molecule has 0 bridgehead atoms. The van der Waals surface area contributed by atoms with E-state index in [1.165, 1.54) is 0 Å². The van der Waals surface area contributed by atoms with Crippen LogP contribution in [0.5, 0.6) is 5.75 Å². The molecule has 19 heavy (non-hydrogen) atoms. The standard InChI is InChI=1S/C15H10ClNO2/c16-12-3-1-2-11(8-12)15-17-9-14(19-15)10-4-6-13(18)7-5-10/h1-9,18H. The monoisotopic (exact) mass is 271 g/mol. The molecule has 94 valence electrons. The summed E-state index contributed by atoms with van der Waals surface area (Å²) in [4.78, 5) is 4.24. The second-order valence-corrected chi connectivity index (χ2v) is 4.52. The number of benzene rings is 2. The van der Waals surface area contributed by atoms with E-state index in [4.69, 9.17) is 16.0 Å². The molecule has 3 aromatic rings. The molecule has 0 radical (unpaired) electrons. The van der Waals surface area contributed by atoms with Crippen LogP contribution < -0.4 is 0 Å². The van der Waals surface area contributed by atoms with Gasteiger partial charge in [0.1, 0.15) is 5.75 Å². The summed E-state index contributed by atoms with van der Waals surface area (Å²) in [5.74, 6) is 1.39. The highest BCUT2D eigenvalue weighted by molar-refractivity contribution is 6.30. The average molecular weight is 272 g/mol. The van der Waals surface area contributed by atoms with E-state index in [-0.39, 0.29) is 5.75 Å². The molecule has 1 aromatic heterocycles. The number of aromatic hydroxyl groups is 1. The SMILES string of the molecule is Oc1ccc(-c2cnc(-c3cccc(Cl)c3)o2)cc1. The summed E-state index contributed by atoms with van der Waals surface area (Å²) in [7, 11) is 0. The van der Waals surface area contributed by atoms with Crippen molar-refractivity contribution in [1.82, 2.24) is 4.98 Å². The Morgan fingerprint density at radius 1 is 1.00 bits per heavy atom. The molecule has 0 atom stereocenters. The first kappa shape index (κ1) is 11.8. The fourth-order valence-corrected chi connectivity index (χ4v) is 1.98.